The summed E-state index contributed by atoms with van der Waals surface area (Å²) < 4.78 is 5.25. The maximum atomic E-state index is 12.1. The van der Waals surface area contributed by atoms with Gasteiger partial charge in [0.2, 0.25) is 5.91 Å². The number of para-hydroxylation sites is 1. The number of carbonyl (C=O) groups excluding carboxylic acids is 1. The Balaban J connectivity index is 2.60. The van der Waals surface area contributed by atoms with E-state index in [9.17, 15) is 4.79 Å². The van der Waals surface area contributed by atoms with Gasteiger partial charge in [-0.1, -0.05) is 32.0 Å². The molecule has 0 saturated carbocycles. The summed E-state index contributed by atoms with van der Waals surface area (Å²) in [7, 11) is 1.61. The van der Waals surface area contributed by atoms with Gasteiger partial charge in [0.25, 0.3) is 0 Å². The van der Waals surface area contributed by atoms with Gasteiger partial charge in [0.15, 0.2) is 0 Å². The Kier molecular flexibility index (Phi) is 6.86. The maximum Gasteiger partial charge on any atom is 0.224 e. The van der Waals surface area contributed by atoms with Crippen molar-refractivity contribution in [1.29, 1.82) is 0 Å². The van der Waals surface area contributed by atoms with Crippen LogP contribution in [0, 0.1) is 5.41 Å². The third-order valence-corrected chi connectivity index (χ3v) is 4.55. The number of hydrogen-bond acceptors (Lipinski definition) is 2. The maximum absolute atomic E-state index is 12.1. The Morgan fingerprint density at radius 2 is 1.95 bits per heavy atom. The molecule has 1 rings (SSSR count). The van der Waals surface area contributed by atoms with Crippen LogP contribution in [0.2, 0.25) is 0 Å². The molecule has 1 aromatic carbocycles. The highest BCUT2D eigenvalue weighted by Gasteiger charge is 2.25. The van der Waals surface area contributed by atoms with E-state index in [4.69, 9.17) is 16.3 Å². The molecule has 4 heteroatoms. The second-order valence-electron chi connectivity index (χ2n) is 5.11. The Labute approximate surface area is 126 Å². The van der Waals surface area contributed by atoms with Crippen molar-refractivity contribution >= 4 is 17.5 Å². The fraction of sp³-hybridized carbons (Fsp3) is 0.562. The molecule has 0 aliphatic carbocycles. The normalized spacial score (nSPS) is 11.2. The molecule has 0 aliphatic heterocycles. The fourth-order valence-corrected chi connectivity index (χ4v) is 2.58. The molecule has 0 unspecified atom stereocenters. The molecule has 112 valence electrons. The number of ether oxygens (including phenoxy) is 1. The minimum atomic E-state index is -0.00199. The van der Waals surface area contributed by atoms with Gasteiger partial charge < -0.3 is 10.1 Å². The molecule has 20 heavy (non-hydrogen) atoms. The lowest BCUT2D eigenvalue weighted by molar-refractivity contribution is -0.120. The predicted octanol–water partition coefficient (Wildman–Crippen LogP) is 3.40. The molecule has 1 N–H and O–H groups in total. The lowest BCUT2D eigenvalue weighted by Crippen LogP contribution is -2.38. The highest BCUT2D eigenvalue weighted by molar-refractivity contribution is 6.18. The number of carbonyl (C=O) groups is 1. The van der Waals surface area contributed by atoms with Crippen LogP contribution < -0.4 is 10.1 Å². The zero-order chi connectivity index (χ0) is 15.0. The standard InChI is InChI=1S/C16H24ClNO2/c1-4-16(5-2,11-17)12-18-15(19)10-13-8-6-7-9-14(13)20-3/h6-9H,4-5,10-12H2,1-3H3,(H,18,19). The topological polar surface area (TPSA) is 38.3 Å². The van der Waals surface area contributed by atoms with Crippen LogP contribution in [0.25, 0.3) is 0 Å². The monoisotopic (exact) mass is 297 g/mol. The Morgan fingerprint density at radius 1 is 1.30 bits per heavy atom. The average molecular weight is 298 g/mol. The summed E-state index contributed by atoms with van der Waals surface area (Å²) in [6.07, 6.45) is 2.25. The number of amides is 1. The minimum Gasteiger partial charge on any atom is -0.496 e. The largest absolute Gasteiger partial charge is 0.496 e. The van der Waals surface area contributed by atoms with Crippen molar-refractivity contribution in [3.05, 3.63) is 29.8 Å². The molecule has 1 amide bonds. The predicted molar refractivity (Wildman–Crippen MR) is 83.4 cm³/mol. The summed E-state index contributed by atoms with van der Waals surface area (Å²) in [5.41, 5.74) is 0.898. The molecule has 0 aliphatic rings. The van der Waals surface area contributed by atoms with Crippen molar-refractivity contribution in [2.75, 3.05) is 19.5 Å². The summed E-state index contributed by atoms with van der Waals surface area (Å²) in [4.78, 5) is 12.1. The SMILES string of the molecule is CCC(CC)(CCl)CNC(=O)Cc1ccccc1OC. The Morgan fingerprint density at radius 3 is 2.50 bits per heavy atom. The number of methoxy groups -OCH3 is 1. The van der Waals surface area contributed by atoms with Crippen molar-refractivity contribution in [3.8, 4) is 5.75 Å². The van der Waals surface area contributed by atoms with Gasteiger partial charge in [0.05, 0.1) is 13.5 Å². The summed E-state index contributed by atoms with van der Waals surface area (Å²) >= 11 is 6.04. The molecule has 0 radical (unpaired) electrons. The van der Waals surface area contributed by atoms with Crippen LogP contribution in [0.3, 0.4) is 0 Å². The molecule has 0 spiro atoms. The van der Waals surface area contributed by atoms with Crippen molar-refractivity contribution in [2.45, 2.75) is 33.1 Å². The molecule has 3 nitrogen and oxygen atoms in total. The highest BCUT2D eigenvalue weighted by atomic mass is 35.5. The van der Waals surface area contributed by atoms with Gasteiger partial charge in [-0.15, -0.1) is 11.6 Å². The van der Waals surface area contributed by atoms with Crippen molar-refractivity contribution < 1.29 is 9.53 Å². The van der Waals surface area contributed by atoms with E-state index in [1.165, 1.54) is 0 Å². The fourth-order valence-electron chi connectivity index (χ4n) is 2.11. The van der Waals surface area contributed by atoms with Crippen molar-refractivity contribution in [3.63, 3.8) is 0 Å². The Hall–Kier alpha value is -1.22. The number of rotatable bonds is 8. The van der Waals surface area contributed by atoms with Gasteiger partial charge in [-0.3, -0.25) is 4.79 Å². The third-order valence-electron chi connectivity index (χ3n) is 3.99. The van der Waals surface area contributed by atoms with Gasteiger partial charge in [-0.05, 0) is 18.9 Å². The first-order valence-electron chi connectivity index (χ1n) is 7.05. The van der Waals surface area contributed by atoms with Crippen LogP contribution in [-0.4, -0.2) is 25.4 Å². The number of nitrogens with one attached hydrogen (secondary N) is 1. The van der Waals surface area contributed by atoms with E-state index in [1.807, 2.05) is 24.3 Å². The van der Waals surface area contributed by atoms with Gasteiger partial charge in [0.1, 0.15) is 5.75 Å². The first-order valence-corrected chi connectivity index (χ1v) is 7.58. The highest BCUT2D eigenvalue weighted by Crippen LogP contribution is 2.27. The van der Waals surface area contributed by atoms with Gasteiger partial charge in [-0.2, -0.15) is 0 Å². The molecular weight excluding hydrogens is 274 g/mol. The molecule has 0 saturated heterocycles. The molecule has 0 fully saturated rings. The molecule has 0 bridgehead atoms. The van der Waals surface area contributed by atoms with Crippen LogP contribution in [-0.2, 0) is 11.2 Å². The minimum absolute atomic E-state index is 0.00199. The smallest absolute Gasteiger partial charge is 0.224 e. The number of benzene rings is 1. The first kappa shape index (κ1) is 16.8. The van der Waals surface area contributed by atoms with Crippen LogP contribution >= 0.6 is 11.6 Å². The van der Waals surface area contributed by atoms with E-state index in [0.29, 0.717) is 18.8 Å². The van der Waals surface area contributed by atoms with E-state index >= 15 is 0 Å². The van der Waals surface area contributed by atoms with Crippen LogP contribution in [0.1, 0.15) is 32.3 Å². The van der Waals surface area contributed by atoms with Crippen LogP contribution in [0.15, 0.2) is 24.3 Å². The zero-order valence-electron chi connectivity index (χ0n) is 12.5. The lowest BCUT2D eigenvalue weighted by Gasteiger charge is -2.29. The third kappa shape index (κ3) is 4.41. The van der Waals surface area contributed by atoms with E-state index in [1.54, 1.807) is 7.11 Å². The number of alkyl halides is 1. The number of halogens is 1. The van der Waals surface area contributed by atoms with Crippen LogP contribution in [0.5, 0.6) is 5.75 Å². The van der Waals surface area contributed by atoms with E-state index in [2.05, 4.69) is 19.2 Å². The van der Waals surface area contributed by atoms with E-state index < -0.39 is 0 Å². The Bertz CT molecular complexity index is 422. The molecule has 0 atom stereocenters. The van der Waals surface area contributed by atoms with Gasteiger partial charge in [0, 0.05) is 23.4 Å². The van der Waals surface area contributed by atoms with Gasteiger partial charge in [-0.25, -0.2) is 0 Å². The van der Waals surface area contributed by atoms with Crippen molar-refractivity contribution in [2.24, 2.45) is 5.41 Å². The lowest BCUT2D eigenvalue weighted by atomic mass is 9.84. The first-order chi connectivity index (χ1) is 9.60. The van der Waals surface area contributed by atoms with E-state index in [0.717, 1.165) is 24.2 Å². The summed E-state index contributed by atoms with van der Waals surface area (Å²) in [5.74, 6) is 1.32. The summed E-state index contributed by atoms with van der Waals surface area (Å²) in [6.45, 7) is 4.84. The quantitative estimate of drug-likeness (QED) is 0.747. The average Bonchev–Trinajstić information content (AvgIpc) is 2.50. The van der Waals surface area contributed by atoms with Gasteiger partial charge >= 0.3 is 0 Å². The summed E-state index contributed by atoms with van der Waals surface area (Å²) in [5, 5.41) is 3.00. The zero-order valence-corrected chi connectivity index (χ0v) is 13.3. The number of hydrogen-bond donors (Lipinski definition) is 1. The second-order valence-corrected chi connectivity index (χ2v) is 5.37. The molecule has 0 heterocycles. The van der Waals surface area contributed by atoms with Crippen molar-refractivity contribution in [1.82, 2.24) is 5.32 Å². The van der Waals surface area contributed by atoms with Crippen LogP contribution in [0.4, 0.5) is 0 Å². The molecule has 0 aromatic heterocycles. The molecule has 1 aromatic rings. The summed E-state index contributed by atoms with van der Waals surface area (Å²) in [6, 6.07) is 7.58. The van der Waals surface area contributed by atoms with E-state index in [-0.39, 0.29) is 11.3 Å². The molecular formula is C16H24ClNO2. The second kappa shape index (κ2) is 8.15.